The summed E-state index contributed by atoms with van der Waals surface area (Å²) < 4.78 is 39.8. The average molecular weight is 319 g/mol. The molecule has 0 atom stereocenters. The van der Waals surface area contributed by atoms with Crippen LogP contribution in [0, 0.1) is 10.1 Å². The number of pyridine rings is 1. The minimum absolute atomic E-state index is 0.263. The Labute approximate surface area is 121 Å². The van der Waals surface area contributed by atoms with Crippen molar-refractivity contribution in [3.05, 3.63) is 51.8 Å². The fourth-order valence-corrected chi connectivity index (χ4v) is 1.74. The third-order valence-electron chi connectivity index (χ3n) is 2.44. The Balaban J connectivity index is 2.31. The molecule has 0 aliphatic rings. The summed E-state index contributed by atoms with van der Waals surface area (Å²) in [5, 5.41) is 10.5. The first-order chi connectivity index (χ1) is 9.76. The normalized spacial score (nSPS) is 11.2. The quantitative estimate of drug-likeness (QED) is 0.483. The summed E-state index contributed by atoms with van der Waals surface area (Å²) in [7, 11) is 0. The van der Waals surface area contributed by atoms with E-state index in [9.17, 15) is 23.3 Å². The van der Waals surface area contributed by atoms with Gasteiger partial charge in [0, 0.05) is 17.8 Å². The third kappa shape index (κ3) is 3.82. The number of nitro groups is 1. The summed E-state index contributed by atoms with van der Waals surface area (Å²) in [4.78, 5) is 13.7. The average Bonchev–Trinajstić information content (AvgIpc) is 2.38. The van der Waals surface area contributed by atoms with Gasteiger partial charge in [0.25, 0.3) is 0 Å². The van der Waals surface area contributed by atoms with E-state index in [-0.39, 0.29) is 16.6 Å². The van der Waals surface area contributed by atoms with Crippen molar-refractivity contribution in [1.29, 1.82) is 0 Å². The molecular formula is C12H6ClF3N2O3. The lowest BCUT2D eigenvalue weighted by Crippen LogP contribution is -2.16. The van der Waals surface area contributed by atoms with Crippen LogP contribution in [0.4, 0.5) is 18.9 Å². The Morgan fingerprint density at radius 2 is 1.81 bits per heavy atom. The fraction of sp³-hybridized carbons (Fsp3) is 0.0833. The lowest BCUT2D eigenvalue weighted by molar-refractivity contribution is -0.385. The van der Waals surface area contributed by atoms with Crippen LogP contribution in [0.3, 0.4) is 0 Å². The number of halogens is 4. The number of alkyl halides is 3. The van der Waals surface area contributed by atoms with Crippen molar-refractivity contribution in [1.82, 2.24) is 4.98 Å². The van der Waals surface area contributed by atoms with E-state index in [0.717, 1.165) is 12.1 Å². The SMILES string of the molecule is O=[N+]([O-])c1cc(-c2ccc(OC(F)(F)F)cc2)cnc1Cl. The summed E-state index contributed by atoms with van der Waals surface area (Å²) in [6.07, 6.45) is -3.49. The maximum absolute atomic E-state index is 12.0. The zero-order chi connectivity index (χ0) is 15.6. The molecule has 0 fully saturated rings. The molecule has 0 aliphatic carbocycles. The van der Waals surface area contributed by atoms with Gasteiger partial charge in [0.1, 0.15) is 5.75 Å². The molecule has 1 aromatic carbocycles. The molecule has 1 heterocycles. The molecule has 0 unspecified atom stereocenters. The van der Waals surface area contributed by atoms with Crippen molar-refractivity contribution in [3.8, 4) is 16.9 Å². The molecule has 21 heavy (non-hydrogen) atoms. The predicted octanol–water partition coefficient (Wildman–Crippen LogP) is 4.21. The zero-order valence-corrected chi connectivity index (χ0v) is 10.9. The van der Waals surface area contributed by atoms with E-state index in [0.29, 0.717) is 11.1 Å². The molecular weight excluding hydrogens is 313 g/mol. The highest BCUT2D eigenvalue weighted by molar-refractivity contribution is 6.31. The summed E-state index contributed by atoms with van der Waals surface area (Å²) in [5.41, 5.74) is 0.409. The van der Waals surface area contributed by atoms with Crippen molar-refractivity contribution in [3.63, 3.8) is 0 Å². The van der Waals surface area contributed by atoms with Gasteiger partial charge >= 0.3 is 12.0 Å². The molecule has 2 aromatic rings. The molecule has 0 saturated carbocycles. The molecule has 9 heteroatoms. The van der Waals surface area contributed by atoms with Gasteiger partial charge in [-0.3, -0.25) is 10.1 Å². The highest BCUT2D eigenvalue weighted by atomic mass is 35.5. The van der Waals surface area contributed by atoms with Gasteiger partial charge in [-0.1, -0.05) is 23.7 Å². The van der Waals surface area contributed by atoms with Crippen LogP contribution in [0.5, 0.6) is 5.75 Å². The van der Waals surface area contributed by atoms with Gasteiger partial charge in [0.15, 0.2) is 0 Å². The van der Waals surface area contributed by atoms with Crippen molar-refractivity contribution in [2.75, 3.05) is 0 Å². The zero-order valence-electron chi connectivity index (χ0n) is 10.1. The van der Waals surface area contributed by atoms with Gasteiger partial charge in [-0.25, -0.2) is 4.98 Å². The molecule has 0 N–H and O–H groups in total. The van der Waals surface area contributed by atoms with Crippen molar-refractivity contribution in [2.45, 2.75) is 6.36 Å². The monoisotopic (exact) mass is 318 g/mol. The van der Waals surface area contributed by atoms with Gasteiger partial charge in [0.05, 0.1) is 4.92 Å². The highest BCUT2D eigenvalue weighted by Gasteiger charge is 2.31. The van der Waals surface area contributed by atoms with Crippen LogP contribution in [0.15, 0.2) is 36.5 Å². The van der Waals surface area contributed by atoms with Crippen LogP contribution in [-0.2, 0) is 0 Å². The summed E-state index contributed by atoms with van der Waals surface area (Å²) in [5.74, 6) is -0.386. The van der Waals surface area contributed by atoms with Crippen LogP contribution >= 0.6 is 11.6 Å². The second kappa shape index (κ2) is 5.57. The van der Waals surface area contributed by atoms with E-state index in [1.165, 1.54) is 24.4 Å². The topological polar surface area (TPSA) is 65.3 Å². The molecule has 0 amide bonds. The molecule has 0 saturated heterocycles. The minimum atomic E-state index is -4.78. The summed E-state index contributed by atoms with van der Waals surface area (Å²) in [6, 6.07) is 6.05. The Hall–Kier alpha value is -2.35. The van der Waals surface area contributed by atoms with Crippen molar-refractivity contribution in [2.24, 2.45) is 0 Å². The molecule has 0 aliphatic heterocycles. The number of nitrogens with zero attached hydrogens (tertiary/aromatic N) is 2. The second-order valence-electron chi connectivity index (χ2n) is 3.86. The minimum Gasteiger partial charge on any atom is -0.406 e. The van der Waals surface area contributed by atoms with Crippen LogP contribution in [0.25, 0.3) is 11.1 Å². The van der Waals surface area contributed by atoms with Crippen LogP contribution in [0.2, 0.25) is 5.15 Å². The standard InChI is InChI=1S/C12H6ClF3N2O3/c13-11-10(18(19)20)5-8(6-17-11)7-1-3-9(4-2-7)21-12(14,15)16/h1-6H. The van der Waals surface area contributed by atoms with Gasteiger partial charge in [-0.05, 0) is 17.7 Å². The Kier molecular flexibility index (Phi) is 3.99. The van der Waals surface area contributed by atoms with E-state index in [1.807, 2.05) is 0 Å². The lowest BCUT2D eigenvalue weighted by atomic mass is 10.1. The number of hydrogen-bond donors (Lipinski definition) is 0. The van der Waals surface area contributed by atoms with Crippen molar-refractivity contribution < 1.29 is 22.8 Å². The molecule has 110 valence electrons. The third-order valence-corrected chi connectivity index (χ3v) is 2.73. The fourth-order valence-electron chi connectivity index (χ4n) is 1.57. The predicted molar refractivity (Wildman–Crippen MR) is 68.0 cm³/mol. The van der Waals surface area contributed by atoms with E-state index in [2.05, 4.69) is 9.72 Å². The van der Waals surface area contributed by atoms with E-state index in [1.54, 1.807) is 0 Å². The first-order valence-corrected chi connectivity index (χ1v) is 5.80. The number of hydrogen-bond acceptors (Lipinski definition) is 4. The van der Waals surface area contributed by atoms with E-state index >= 15 is 0 Å². The first-order valence-electron chi connectivity index (χ1n) is 5.42. The van der Waals surface area contributed by atoms with Crippen LogP contribution < -0.4 is 4.74 Å². The number of ether oxygens (including phenoxy) is 1. The molecule has 0 bridgehead atoms. The number of rotatable bonds is 3. The van der Waals surface area contributed by atoms with Gasteiger partial charge in [-0.15, -0.1) is 13.2 Å². The second-order valence-corrected chi connectivity index (χ2v) is 4.22. The Morgan fingerprint density at radius 1 is 1.19 bits per heavy atom. The smallest absolute Gasteiger partial charge is 0.406 e. The number of aromatic nitrogens is 1. The first kappa shape index (κ1) is 15.0. The van der Waals surface area contributed by atoms with Gasteiger partial charge in [0.2, 0.25) is 5.15 Å². The Morgan fingerprint density at radius 3 is 2.33 bits per heavy atom. The highest BCUT2D eigenvalue weighted by Crippen LogP contribution is 2.30. The molecule has 1 aromatic heterocycles. The summed E-state index contributed by atoms with van der Waals surface area (Å²) in [6.45, 7) is 0. The molecule has 0 radical (unpaired) electrons. The lowest BCUT2D eigenvalue weighted by Gasteiger charge is -2.09. The van der Waals surface area contributed by atoms with E-state index < -0.39 is 11.3 Å². The summed E-state index contributed by atoms with van der Waals surface area (Å²) >= 11 is 5.58. The maximum Gasteiger partial charge on any atom is 0.573 e. The molecule has 0 spiro atoms. The maximum atomic E-state index is 12.0. The molecule has 2 rings (SSSR count). The van der Waals surface area contributed by atoms with Gasteiger partial charge in [-0.2, -0.15) is 0 Å². The Bertz CT molecular complexity index is 674. The van der Waals surface area contributed by atoms with Crippen molar-refractivity contribution >= 4 is 17.3 Å². The van der Waals surface area contributed by atoms with Gasteiger partial charge < -0.3 is 4.74 Å². The van der Waals surface area contributed by atoms with Crippen LogP contribution in [-0.4, -0.2) is 16.3 Å². The van der Waals surface area contributed by atoms with E-state index in [4.69, 9.17) is 11.6 Å². The largest absolute Gasteiger partial charge is 0.573 e. The van der Waals surface area contributed by atoms with Crippen LogP contribution in [0.1, 0.15) is 0 Å². The number of benzene rings is 1. The molecule has 5 nitrogen and oxygen atoms in total.